The Morgan fingerprint density at radius 2 is 1.81 bits per heavy atom. The minimum atomic E-state index is -4.07. The van der Waals surface area contributed by atoms with Crippen molar-refractivity contribution in [2.45, 2.75) is 22.9 Å². The molecule has 0 radical (unpaired) electrons. The summed E-state index contributed by atoms with van der Waals surface area (Å²) >= 11 is 1.65. The summed E-state index contributed by atoms with van der Waals surface area (Å²) in [6, 6.07) is 16.3. The van der Waals surface area contributed by atoms with Gasteiger partial charge in [0, 0.05) is 30.1 Å². The van der Waals surface area contributed by atoms with Gasteiger partial charge in [-0.05, 0) is 54.8 Å². The van der Waals surface area contributed by atoms with Crippen molar-refractivity contribution in [3.63, 3.8) is 0 Å². The van der Waals surface area contributed by atoms with Crippen molar-refractivity contribution < 1.29 is 22.0 Å². The van der Waals surface area contributed by atoms with Crippen LogP contribution in [0.1, 0.15) is 16.5 Å². The third kappa shape index (κ3) is 5.22. The van der Waals surface area contributed by atoms with E-state index in [0.717, 1.165) is 35.7 Å². The van der Waals surface area contributed by atoms with Crippen molar-refractivity contribution in [1.82, 2.24) is 9.88 Å². The van der Waals surface area contributed by atoms with Crippen LogP contribution < -0.4 is 5.32 Å². The van der Waals surface area contributed by atoms with Crippen molar-refractivity contribution in [2.24, 2.45) is 0 Å². The molecule has 2 aromatic carbocycles. The fourth-order valence-electron chi connectivity index (χ4n) is 4.11. The lowest BCUT2D eigenvalue weighted by molar-refractivity contribution is 0.0193. The minimum Gasteiger partial charge on any atom is -0.419 e. The number of morpholine rings is 1. The standard InChI is InChI=1S/C26H26FN3O4S2/c1-18-4-6-19(7-5-18)24-29-26(36(31,32)21-10-8-20(27)9-11-21)25(34-24)28-17-22(23-3-2-16-35-23)30-12-14-33-15-13-30/h2-11,16,22,28H,12-15,17H2,1H3. The van der Waals surface area contributed by atoms with E-state index in [1.807, 2.05) is 42.6 Å². The number of aromatic nitrogens is 1. The van der Waals surface area contributed by atoms with Gasteiger partial charge in [0.15, 0.2) is 0 Å². The summed E-state index contributed by atoms with van der Waals surface area (Å²) in [6.45, 7) is 5.21. The molecule has 1 N–H and O–H groups in total. The number of hydrogen-bond acceptors (Lipinski definition) is 8. The molecular weight excluding hydrogens is 501 g/mol. The molecule has 3 heterocycles. The molecule has 1 unspecified atom stereocenters. The number of oxazole rings is 1. The van der Waals surface area contributed by atoms with Gasteiger partial charge in [0.2, 0.25) is 26.6 Å². The lowest BCUT2D eigenvalue weighted by Crippen LogP contribution is -2.41. The number of aryl methyl sites for hydroxylation is 1. The molecule has 0 saturated carbocycles. The highest BCUT2D eigenvalue weighted by molar-refractivity contribution is 7.91. The van der Waals surface area contributed by atoms with Crippen molar-refractivity contribution in [3.05, 3.63) is 82.3 Å². The SMILES string of the molecule is Cc1ccc(-c2nc(S(=O)(=O)c3ccc(F)cc3)c(NCC(c3cccs3)N3CCOCC3)o2)cc1. The van der Waals surface area contributed by atoms with Gasteiger partial charge in [-0.15, -0.1) is 11.3 Å². The normalized spacial score (nSPS) is 15.6. The molecule has 0 aliphatic carbocycles. The highest BCUT2D eigenvalue weighted by Crippen LogP contribution is 2.34. The van der Waals surface area contributed by atoms with Gasteiger partial charge < -0.3 is 14.5 Å². The van der Waals surface area contributed by atoms with Gasteiger partial charge in [-0.25, -0.2) is 12.8 Å². The van der Waals surface area contributed by atoms with Gasteiger partial charge in [0.05, 0.1) is 24.2 Å². The number of halogens is 1. The van der Waals surface area contributed by atoms with Crippen LogP contribution >= 0.6 is 11.3 Å². The number of nitrogens with one attached hydrogen (secondary N) is 1. The highest BCUT2D eigenvalue weighted by atomic mass is 32.2. The molecule has 5 rings (SSSR count). The number of benzene rings is 2. The largest absolute Gasteiger partial charge is 0.419 e. The first-order valence-electron chi connectivity index (χ1n) is 11.6. The Hall–Kier alpha value is -3.05. The zero-order valence-corrected chi connectivity index (χ0v) is 21.3. The van der Waals surface area contributed by atoms with E-state index in [0.29, 0.717) is 25.3 Å². The molecule has 1 aliphatic rings. The smallest absolute Gasteiger partial charge is 0.233 e. The lowest BCUT2D eigenvalue weighted by atomic mass is 10.1. The first-order chi connectivity index (χ1) is 17.4. The zero-order chi connectivity index (χ0) is 25.1. The Bertz CT molecular complexity index is 1400. The summed E-state index contributed by atoms with van der Waals surface area (Å²) < 4.78 is 52.1. The molecule has 1 atom stereocenters. The molecule has 2 aromatic heterocycles. The number of nitrogens with zero attached hydrogens (tertiary/aromatic N) is 2. The first-order valence-corrected chi connectivity index (χ1v) is 14.0. The van der Waals surface area contributed by atoms with Crippen LogP contribution in [-0.4, -0.2) is 51.1 Å². The molecular formula is C26H26FN3O4S2. The average Bonchev–Trinajstić information content (AvgIpc) is 3.57. The monoisotopic (exact) mass is 527 g/mol. The Labute approximate surface area is 213 Å². The van der Waals surface area contributed by atoms with Crippen molar-refractivity contribution >= 4 is 27.1 Å². The summed E-state index contributed by atoms with van der Waals surface area (Å²) in [6.07, 6.45) is 0. The predicted octanol–water partition coefficient (Wildman–Crippen LogP) is 5.17. The highest BCUT2D eigenvalue weighted by Gasteiger charge is 2.30. The second-order valence-corrected chi connectivity index (χ2v) is 11.4. The number of hydrogen-bond donors (Lipinski definition) is 1. The number of ether oxygens (including phenoxy) is 1. The van der Waals surface area contributed by atoms with E-state index in [9.17, 15) is 12.8 Å². The zero-order valence-electron chi connectivity index (χ0n) is 19.7. The third-order valence-corrected chi connectivity index (χ3v) is 8.74. The number of anilines is 1. The fraction of sp³-hybridized carbons (Fsp3) is 0.269. The van der Waals surface area contributed by atoms with Gasteiger partial charge in [0.1, 0.15) is 5.82 Å². The molecule has 4 aromatic rings. The third-order valence-electron chi connectivity index (χ3n) is 6.09. The number of sulfone groups is 1. The van der Waals surface area contributed by atoms with Crippen LogP contribution in [0, 0.1) is 12.7 Å². The lowest BCUT2D eigenvalue weighted by Gasteiger charge is -2.34. The maximum atomic E-state index is 13.5. The van der Waals surface area contributed by atoms with E-state index in [-0.39, 0.29) is 27.7 Å². The van der Waals surface area contributed by atoms with E-state index in [4.69, 9.17) is 9.15 Å². The second kappa shape index (κ2) is 10.5. The summed E-state index contributed by atoms with van der Waals surface area (Å²) in [5, 5.41) is 5.03. The molecule has 1 fully saturated rings. The quantitative estimate of drug-likeness (QED) is 0.317. The van der Waals surface area contributed by atoms with Crippen LogP contribution in [0.4, 0.5) is 10.3 Å². The molecule has 1 aliphatic heterocycles. The van der Waals surface area contributed by atoms with Crippen LogP contribution in [0.25, 0.3) is 11.5 Å². The molecule has 10 heteroatoms. The van der Waals surface area contributed by atoms with Crippen LogP contribution in [0.5, 0.6) is 0 Å². The maximum Gasteiger partial charge on any atom is 0.233 e. The molecule has 188 valence electrons. The van der Waals surface area contributed by atoms with E-state index in [2.05, 4.69) is 21.3 Å². The van der Waals surface area contributed by atoms with E-state index in [1.54, 1.807) is 11.3 Å². The first kappa shape index (κ1) is 24.6. The van der Waals surface area contributed by atoms with E-state index in [1.165, 1.54) is 12.1 Å². The molecule has 36 heavy (non-hydrogen) atoms. The van der Waals surface area contributed by atoms with Crippen LogP contribution in [-0.2, 0) is 14.6 Å². The average molecular weight is 528 g/mol. The summed E-state index contributed by atoms with van der Waals surface area (Å²) in [5.41, 5.74) is 1.72. The van der Waals surface area contributed by atoms with Gasteiger partial charge in [-0.1, -0.05) is 23.8 Å². The maximum absolute atomic E-state index is 13.5. The summed E-state index contributed by atoms with van der Waals surface area (Å²) in [5.74, 6) is -0.265. The number of rotatable bonds is 8. The van der Waals surface area contributed by atoms with Crippen LogP contribution in [0.2, 0.25) is 0 Å². The molecule has 0 amide bonds. The van der Waals surface area contributed by atoms with Gasteiger partial charge in [-0.3, -0.25) is 4.90 Å². The number of thiophene rings is 1. The van der Waals surface area contributed by atoms with Crippen molar-refractivity contribution in [1.29, 1.82) is 0 Å². The van der Waals surface area contributed by atoms with Gasteiger partial charge in [0.25, 0.3) is 0 Å². The van der Waals surface area contributed by atoms with Gasteiger partial charge in [-0.2, -0.15) is 4.98 Å². The molecule has 1 saturated heterocycles. The Kier molecular flexibility index (Phi) is 7.20. The summed E-state index contributed by atoms with van der Waals surface area (Å²) in [4.78, 5) is 7.81. The molecule has 0 bridgehead atoms. The van der Waals surface area contributed by atoms with E-state index < -0.39 is 15.7 Å². The van der Waals surface area contributed by atoms with Crippen LogP contribution in [0.15, 0.2) is 80.4 Å². The Morgan fingerprint density at radius 1 is 1.08 bits per heavy atom. The fourth-order valence-corrected chi connectivity index (χ4v) is 6.25. The topological polar surface area (TPSA) is 84.7 Å². The Balaban J connectivity index is 1.51. The van der Waals surface area contributed by atoms with E-state index >= 15 is 0 Å². The van der Waals surface area contributed by atoms with Crippen LogP contribution in [0.3, 0.4) is 0 Å². The summed E-state index contributed by atoms with van der Waals surface area (Å²) in [7, 11) is -4.07. The predicted molar refractivity (Wildman–Crippen MR) is 136 cm³/mol. The molecule has 7 nitrogen and oxygen atoms in total. The second-order valence-electron chi connectivity index (χ2n) is 8.54. The van der Waals surface area contributed by atoms with Crippen molar-refractivity contribution in [2.75, 3.05) is 38.2 Å². The Morgan fingerprint density at radius 3 is 2.47 bits per heavy atom. The molecule has 0 spiro atoms. The van der Waals surface area contributed by atoms with Gasteiger partial charge >= 0.3 is 0 Å². The minimum absolute atomic E-state index is 0.00296. The van der Waals surface area contributed by atoms with Crippen molar-refractivity contribution in [3.8, 4) is 11.5 Å².